The zero-order chi connectivity index (χ0) is 42.4. The van der Waals surface area contributed by atoms with Crippen LogP contribution in [0, 0.1) is 0 Å². The lowest BCUT2D eigenvalue weighted by Gasteiger charge is -2.24. The Bertz CT molecular complexity index is 1960. The number of carbonyl (C=O) groups is 3. The van der Waals surface area contributed by atoms with Crippen molar-refractivity contribution in [1.82, 2.24) is 0 Å². The molecule has 4 aromatic carbocycles. The highest BCUT2D eigenvalue weighted by atomic mass is 16.5. The van der Waals surface area contributed by atoms with E-state index in [4.69, 9.17) is 14.2 Å². The lowest BCUT2D eigenvalue weighted by molar-refractivity contribution is -0.117. The molecule has 0 saturated heterocycles. The summed E-state index contributed by atoms with van der Waals surface area (Å²) >= 11 is 0. The quantitative estimate of drug-likeness (QED) is 0.0269. The number of esters is 1. The molecule has 4 aromatic rings. The molecule has 0 heterocycles. The van der Waals surface area contributed by atoms with Crippen molar-refractivity contribution in [2.45, 2.75) is 85.0 Å². The van der Waals surface area contributed by atoms with Crippen molar-refractivity contribution < 1.29 is 28.6 Å². The minimum Gasteiger partial charge on any atom is -0.496 e. The number of anilines is 2. The summed E-state index contributed by atoms with van der Waals surface area (Å²) < 4.78 is 17.1. The normalized spacial score (nSPS) is 11.2. The van der Waals surface area contributed by atoms with Crippen LogP contribution in [-0.4, -0.2) is 65.0 Å². The van der Waals surface area contributed by atoms with E-state index in [9.17, 15) is 14.4 Å². The fraction of sp³-hybridized carbons (Fsp3) is 0.392. The first-order valence-electron chi connectivity index (χ1n) is 21.2. The maximum atomic E-state index is 12.4. The Morgan fingerprint density at radius 1 is 0.576 bits per heavy atom. The van der Waals surface area contributed by atoms with E-state index in [1.54, 1.807) is 38.5 Å². The highest BCUT2D eigenvalue weighted by molar-refractivity contribution is 5.99. The Hall–Kier alpha value is -5.63. The van der Waals surface area contributed by atoms with Crippen LogP contribution >= 0.6 is 0 Å². The minimum absolute atomic E-state index is 0.0175. The maximum Gasteiger partial charge on any atom is 0.338 e. The van der Waals surface area contributed by atoms with Gasteiger partial charge in [-0.1, -0.05) is 93.8 Å². The Kier molecular flexibility index (Phi) is 19.5. The molecule has 0 unspecified atom stereocenters. The maximum absolute atomic E-state index is 12.4. The van der Waals surface area contributed by atoms with E-state index in [0.717, 1.165) is 84.8 Å². The van der Waals surface area contributed by atoms with Gasteiger partial charge in [-0.05, 0) is 98.7 Å². The van der Waals surface area contributed by atoms with Gasteiger partial charge < -0.3 is 28.8 Å². The highest BCUT2D eigenvalue weighted by Gasteiger charge is 2.12. The number of unbranched alkanes of at least 4 members (excludes halogenated alkanes) is 5. The fourth-order valence-electron chi connectivity index (χ4n) is 6.69. The van der Waals surface area contributed by atoms with Crippen LogP contribution in [0.3, 0.4) is 0 Å². The fourth-order valence-corrected chi connectivity index (χ4v) is 6.69. The molecular formula is C51H64N2O6. The minimum atomic E-state index is -0.393. The molecule has 0 aliphatic rings. The Balaban J connectivity index is 1.22. The molecule has 0 atom stereocenters. The van der Waals surface area contributed by atoms with E-state index in [1.165, 1.54) is 38.3 Å². The zero-order valence-corrected chi connectivity index (χ0v) is 36.1. The van der Waals surface area contributed by atoms with Crippen molar-refractivity contribution in [3.05, 3.63) is 118 Å². The van der Waals surface area contributed by atoms with Gasteiger partial charge in [-0.2, -0.15) is 0 Å². The van der Waals surface area contributed by atoms with E-state index in [2.05, 4.69) is 104 Å². The monoisotopic (exact) mass is 800 g/mol. The highest BCUT2D eigenvalue weighted by Crippen LogP contribution is 2.32. The van der Waals surface area contributed by atoms with Crippen molar-refractivity contribution >= 4 is 53.2 Å². The van der Waals surface area contributed by atoms with Gasteiger partial charge in [-0.15, -0.1) is 0 Å². The number of hydrogen-bond acceptors (Lipinski definition) is 8. The van der Waals surface area contributed by atoms with Gasteiger partial charge in [0.25, 0.3) is 0 Å². The van der Waals surface area contributed by atoms with Crippen LogP contribution in [0.15, 0.2) is 84.9 Å². The molecule has 8 nitrogen and oxygen atoms in total. The number of Topliss-reactive ketones (excluding diaryl/α,β-unsaturated/α-hetero) is 2. The van der Waals surface area contributed by atoms with Gasteiger partial charge in [-0.3, -0.25) is 4.79 Å². The summed E-state index contributed by atoms with van der Waals surface area (Å²) in [5, 5.41) is 0. The van der Waals surface area contributed by atoms with Crippen LogP contribution in [0.4, 0.5) is 11.4 Å². The topological polar surface area (TPSA) is 85.4 Å². The molecule has 0 saturated carbocycles. The zero-order valence-electron chi connectivity index (χ0n) is 36.1. The number of hydrogen-bond donors (Lipinski definition) is 0. The smallest absolute Gasteiger partial charge is 0.338 e. The molecule has 8 heteroatoms. The molecule has 59 heavy (non-hydrogen) atoms. The van der Waals surface area contributed by atoms with Gasteiger partial charge in [0.05, 0.1) is 26.4 Å². The standard InChI is InChI=1S/C51H64N2O6/c1-7-9-34-53(35-10-8-2)47-30-20-41(21-31-47)17-23-45-38-49(57-5)44(37-50(45)58-6)22-16-40-18-28-46(29-19-40)52(4)33-13-11-12-14-36-59-51(56)43-26-24-42(25-27-43)48(55)32-15-39(3)54/h16-31,37-38H,7-15,32-36H2,1-6H3/b22-16+,23-17+. The van der Waals surface area contributed by atoms with Crippen molar-refractivity contribution in [3.8, 4) is 11.5 Å². The molecule has 0 bridgehead atoms. The average Bonchev–Trinajstić information content (AvgIpc) is 3.26. The molecule has 0 amide bonds. The third-order valence-corrected chi connectivity index (χ3v) is 10.4. The molecule has 0 aromatic heterocycles. The van der Waals surface area contributed by atoms with E-state index in [-0.39, 0.29) is 24.4 Å². The van der Waals surface area contributed by atoms with E-state index >= 15 is 0 Å². The first-order chi connectivity index (χ1) is 28.6. The van der Waals surface area contributed by atoms with E-state index in [0.29, 0.717) is 17.7 Å². The number of nitrogens with zero attached hydrogens (tertiary/aromatic N) is 2. The van der Waals surface area contributed by atoms with Crippen LogP contribution in [0.1, 0.15) is 128 Å². The summed E-state index contributed by atoms with van der Waals surface area (Å²) in [5.74, 6) is 1.04. The Morgan fingerprint density at radius 2 is 1.08 bits per heavy atom. The Morgan fingerprint density at radius 3 is 1.59 bits per heavy atom. The predicted octanol–water partition coefficient (Wildman–Crippen LogP) is 11.9. The average molecular weight is 801 g/mol. The Labute approximate surface area is 352 Å². The third kappa shape index (κ3) is 15.2. The number of ether oxygens (including phenoxy) is 3. The summed E-state index contributed by atoms with van der Waals surface area (Å²) in [7, 11) is 5.50. The second-order valence-corrected chi connectivity index (χ2v) is 15.1. The van der Waals surface area contributed by atoms with Gasteiger partial charge >= 0.3 is 5.97 Å². The summed E-state index contributed by atoms with van der Waals surface area (Å²) in [6.45, 7) is 9.43. The molecule has 0 aliphatic carbocycles. The molecule has 0 radical (unpaired) electrons. The summed E-state index contributed by atoms with van der Waals surface area (Å²) in [6.07, 6.45) is 17.4. The summed E-state index contributed by atoms with van der Waals surface area (Å²) in [6, 6.07) is 27.8. The molecule has 4 rings (SSSR count). The first kappa shape index (κ1) is 46.1. The SMILES string of the molecule is CCCCN(CCCC)c1ccc(/C=C/c2cc(OC)c(/C=C/c3ccc(N(C)CCCCCCOC(=O)c4ccc(C(=O)CCC(C)=O)cc4)cc3)cc2OC)cc1. The molecule has 0 aliphatic heterocycles. The number of benzene rings is 4. The van der Waals surface area contributed by atoms with Gasteiger partial charge in [0.2, 0.25) is 0 Å². The molecule has 314 valence electrons. The summed E-state index contributed by atoms with van der Waals surface area (Å²) in [4.78, 5) is 40.5. The van der Waals surface area contributed by atoms with Gasteiger partial charge in [-0.25, -0.2) is 4.79 Å². The first-order valence-corrected chi connectivity index (χ1v) is 21.2. The molecule has 0 spiro atoms. The van der Waals surface area contributed by atoms with Crippen LogP contribution in [0.25, 0.3) is 24.3 Å². The van der Waals surface area contributed by atoms with E-state index < -0.39 is 5.97 Å². The lowest BCUT2D eigenvalue weighted by Crippen LogP contribution is -2.25. The van der Waals surface area contributed by atoms with Crippen LogP contribution < -0.4 is 19.3 Å². The van der Waals surface area contributed by atoms with Gasteiger partial charge in [0, 0.05) is 67.6 Å². The van der Waals surface area contributed by atoms with Crippen molar-refractivity contribution in [1.29, 1.82) is 0 Å². The lowest BCUT2D eigenvalue weighted by atomic mass is 10.0. The van der Waals surface area contributed by atoms with Crippen LogP contribution in [0.2, 0.25) is 0 Å². The third-order valence-electron chi connectivity index (χ3n) is 10.4. The largest absolute Gasteiger partial charge is 0.496 e. The van der Waals surface area contributed by atoms with Crippen LogP contribution in [0.5, 0.6) is 11.5 Å². The number of rotatable bonds is 26. The predicted molar refractivity (Wildman–Crippen MR) is 245 cm³/mol. The number of carbonyl (C=O) groups excluding carboxylic acids is 3. The van der Waals surface area contributed by atoms with Crippen molar-refractivity contribution in [2.75, 3.05) is 57.3 Å². The molecule has 0 fully saturated rings. The van der Waals surface area contributed by atoms with Gasteiger partial charge in [0.1, 0.15) is 17.3 Å². The van der Waals surface area contributed by atoms with Crippen molar-refractivity contribution in [2.24, 2.45) is 0 Å². The van der Waals surface area contributed by atoms with E-state index in [1.807, 2.05) is 12.1 Å². The molecular weight excluding hydrogens is 737 g/mol. The van der Waals surface area contributed by atoms with Gasteiger partial charge in [0.15, 0.2) is 5.78 Å². The number of ketones is 2. The number of methoxy groups -OCH3 is 2. The molecule has 0 N–H and O–H groups in total. The van der Waals surface area contributed by atoms with Crippen LogP contribution in [-0.2, 0) is 9.53 Å². The second-order valence-electron chi connectivity index (χ2n) is 15.1. The second kappa shape index (κ2) is 25.0. The summed E-state index contributed by atoms with van der Waals surface area (Å²) in [5.41, 5.74) is 7.45. The van der Waals surface area contributed by atoms with Crippen molar-refractivity contribution in [3.63, 3.8) is 0 Å².